The number of rotatable bonds is 4. The van der Waals surface area contributed by atoms with Gasteiger partial charge in [0.2, 0.25) is 0 Å². The van der Waals surface area contributed by atoms with E-state index >= 15 is 0 Å². The van der Waals surface area contributed by atoms with Crippen LogP contribution in [-0.2, 0) is 6.42 Å². The van der Waals surface area contributed by atoms with Gasteiger partial charge >= 0.3 is 0 Å². The Kier molecular flexibility index (Phi) is 3.60. The van der Waals surface area contributed by atoms with E-state index in [-0.39, 0.29) is 6.04 Å². The third-order valence-electron chi connectivity index (χ3n) is 4.12. The lowest BCUT2D eigenvalue weighted by atomic mass is 9.77. The number of pyridine rings is 1. The molecule has 1 atom stereocenters. The highest BCUT2D eigenvalue weighted by atomic mass is 14.6. The topological polar surface area (TPSA) is 38.9 Å². The summed E-state index contributed by atoms with van der Waals surface area (Å²) in [6, 6.07) is 12.8. The second-order valence-corrected chi connectivity index (χ2v) is 5.43. The summed E-state index contributed by atoms with van der Waals surface area (Å²) in [5.74, 6) is 0.733. The Labute approximate surface area is 114 Å². The second-order valence-electron chi connectivity index (χ2n) is 5.43. The number of hydrogen-bond donors (Lipinski definition) is 1. The summed E-state index contributed by atoms with van der Waals surface area (Å²) in [5.41, 5.74) is 10.4. The van der Waals surface area contributed by atoms with Crippen LogP contribution in [-0.4, -0.2) is 4.98 Å². The zero-order chi connectivity index (χ0) is 13.1. The lowest BCUT2D eigenvalue weighted by Crippen LogP contribution is -2.19. The Morgan fingerprint density at radius 1 is 1.16 bits per heavy atom. The smallest absolute Gasteiger partial charge is 0.0339 e. The van der Waals surface area contributed by atoms with Gasteiger partial charge in [-0.15, -0.1) is 0 Å². The molecule has 2 N–H and O–H groups in total. The molecule has 0 bridgehead atoms. The van der Waals surface area contributed by atoms with E-state index in [9.17, 15) is 0 Å². The summed E-state index contributed by atoms with van der Waals surface area (Å²) >= 11 is 0. The summed E-state index contributed by atoms with van der Waals surface area (Å²) in [6.07, 6.45) is 8.56. The zero-order valence-corrected chi connectivity index (χ0v) is 11.1. The van der Waals surface area contributed by atoms with Crippen LogP contribution >= 0.6 is 0 Å². The average Bonchev–Trinajstić information content (AvgIpc) is 2.38. The maximum Gasteiger partial charge on any atom is 0.0339 e. The van der Waals surface area contributed by atoms with E-state index in [4.69, 9.17) is 5.73 Å². The molecule has 1 unspecified atom stereocenters. The van der Waals surface area contributed by atoms with E-state index in [1.807, 2.05) is 12.3 Å². The molecule has 0 spiro atoms. The molecule has 1 saturated carbocycles. The number of nitrogens with two attached hydrogens (primary N) is 1. The molecule has 1 aromatic heterocycles. The monoisotopic (exact) mass is 252 g/mol. The summed E-state index contributed by atoms with van der Waals surface area (Å²) in [7, 11) is 0. The first-order valence-corrected chi connectivity index (χ1v) is 7.08. The molecule has 1 aliphatic carbocycles. The van der Waals surface area contributed by atoms with Crippen molar-refractivity contribution in [2.45, 2.75) is 37.6 Å². The van der Waals surface area contributed by atoms with Crippen molar-refractivity contribution in [3.8, 4) is 0 Å². The van der Waals surface area contributed by atoms with Crippen LogP contribution in [0.3, 0.4) is 0 Å². The summed E-state index contributed by atoms with van der Waals surface area (Å²) in [6.45, 7) is 0. The number of nitrogens with zero attached hydrogens (tertiary/aromatic N) is 1. The Hall–Kier alpha value is -1.67. The van der Waals surface area contributed by atoms with Crippen LogP contribution in [0.4, 0.5) is 0 Å². The molecule has 2 nitrogen and oxygen atoms in total. The first-order chi connectivity index (χ1) is 9.34. The Morgan fingerprint density at radius 2 is 2.00 bits per heavy atom. The third kappa shape index (κ3) is 2.69. The van der Waals surface area contributed by atoms with E-state index in [1.54, 1.807) is 6.20 Å². The van der Waals surface area contributed by atoms with Crippen LogP contribution in [0, 0.1) is 0 Å². The molecule has 0 saturated heterocycles. The lowest BCUT2D eigenvalue weighted by Gasteiger charge is -2.29. The van der Waals surface area contributed by atoms with Crippen molar-refractivity contribution in [3.63, 3.8) is 0 Å². The van der Waals surface area contributed by atoms with Crippen LogP contribution in [0.2, 0.25) is 0 Å². The van der Waals surface area contributed by atoms with Crippen LogP contribution in [0.25, 0.3) is 0 Å². The van der Waals surface area contributed by atoms with Crippen LogP contribution < -0.4 is 5.73 Å². The van der Waals surface area contributed by atoms with Gasteiger partial charge in [0.1, 0.15) is 0 Å². The van der Waals surface area contributed by atoms with Gasteiger partial charge in [-0.1, -0.05) is 36.8 Å². The maximum atomic E-state index is 6.42. The molecule has 19 heavy (non-hydrogen) atoms. The van der Waals surface area contributed by atoms with Gasteiger partial charge in [0.25, 0.3) is 0 Å². The van der Waals surface area contributed by atoms with Crippen LogP contribution in [0.15, 0.2) is 48.8 Å². The summed E-state index contributed by atoms with van der Waals surface area (Å²) in [4.78, 5) is 4.16. The highest BCUT2D eigenvalue weighted by molar-refractivity contribution is 5.35. The van der Waals surface area contributed by atoms with Gasteiger partial charge in [0.15, 0.2) is 0 Å². The van der Waals surface area contributed by atoms with Crippen LogP contribution in [0.5, 0.6) is 0 Å². The highest BCUT2D eigenvalue weighted by Crippen LogP contribution is 2.39. The Morgan fingerprint density at radius 3 is 2.68 bits per heavy atom. The molecule has 1 heterocycles. The van der Waals surface area contributed by atoms with Crippen molar-refractivity contribution in [1.82, 2.24) is 4.98 Å². The van der Waals surface area contributed by atoms with Crippen molar-refractivity contribution in [2.24, 2.45) is 5.73 Å². The van der Waals surface area contributed by atoms with Crippen molar-refractivity contribution in [3.05, 3.63) is 65.5 Å². The molecule has 0 radical (unpaired) electrons. The number of aromatic nitrogens is 1. The molecule has 2 heteroatoms. The van der Waals surface area contributed by atoms with Gasteiger partial charge in [-0.05, 0) is 47.9 Å². The van der Waals surface area contributed by atoms with Crippen molar-refractivity contribution in [1.29, 1.82) is 0 Å². The van der Waals surface area contributed by atoms with Gasteiger partial charge in [-0.2, -0.15) is 0 Å². The molecule has 0 amide bonds. The average molecular weight is 252 g/mol. The minimum Gasteiger partial charge on any atom is -0.324 e. The number of benzene rings is 1. The molecule has 98 valence electrons. The van der Waals surface area contributed by atoms with Gasteiger partial charge in [-0.25, -0.2) is 0 Å². The first-order valence-electron chi connectivity index (χ1n) is 7.08. The predicted octanol–water partition coefficient (Wildman–Crippen LogP) is 3.59. The quantitative estimate of drug-likeness (QED) is 0.903. The van der Waals surface area contributed by atoms with E-state index in [1.165, 1.54) is 36.0 Å². The third-order valence-corrected chi connectivity index (χ3v) is 4.12. The normalized spacial score (nSPS) is 16.9. The fraction of sp³-hybridized carbons (Fsp3) is 0.353. The number of hydrogen-bond acceptors (Lipinski definition) is 2. The van der Waals surface area contributed by atoms with Crippen molar-refractivity contribution >= 4 is 0 Å². The predicted molar refractivity (Wildman–Crippen MR) is 77.9 cm³/mol. The summed E-state index contributed by atoms with van der Waals surface area (Å²) in [5, 5.41) is 0. The van der Waals surface area contributed by atoms with Crippen molar-refractivity contribution in [2.75, 3.05) is 0 Å². The molecular weight excluding hydrogens is 232 g/mol. The van der Waals surface area contributed by atoms with Gasteiger partial charge in [0, 0.05) is 18.4 Å². The Bertz CT molecular complexity index is 532. The van der Waals surface area contributed by atoms with E-state index in [0.717, 1.165) is 12.3 Å². The molecule has 2 aromatic rings. The fourth-order valence-corrected chi connectivity index (χ4v) is 2.82. The first kappa shape index (κ1) is 12.4. The van der Waals surface area contributed by atoms with E-state index < -0.39 is 0 Å². The SMILES string of the molecule is NC(Cc1cccnc1)c1ccccc1C1CCC1. The van der Waals surface area contributed by atoms with Gasteiger partial charge < -0.3 is 5.73 Å². The molecule has 1 aliphatic rings. The molecule has 3 rings (SSSR count). The highest BCUT2D eigenvalue weighted by Gasteiger charge is 2.23. The molecular formula is C17H20N2. The fourth-order valence-electron chi connectivity index (χ4n) is 2.82. The zero-order valence-electron chi connectivity index (χ0n) is 11.1. The summed E-state index contributed by atoms with van der Waals surface area (Å²) < 4.78 is 0. The van der Waals surface area contributed by atoms with Crippen LogP contribution in [0.1, 0.15) is 47.9 Å². The minimum absolute atomic E-state index is 0.0704. The lowest BCUT2D eigenvalue weighted by molar-refractivity contribution is 0.415. The second kappa shape index (κ2) is 5.54. The molecule has 1 aromatic carbocycles. The standard InChI is InChI=1S/C17H20N2/c18-17(11-13-5-4-10-19-12-13)16-9-2-1-8-15(16)14-6-3-7-14/h1-2,4-5,8-10,12,14,17H,3,6-7,11,18H2. The Balaban J connectivity index is 1.81. The van der Waals surface area contributed by atoms with Crippen molar-refractivity contribution < 1.29 is 0 Å². The molecule has 0 aliphatic heterocycles. The molecule has 1 fully saturated rings. The minimum atomic E-state index is 0.0704. The van der Waals surface area contributed by atoms with Gasteiger partial charge in [0.05, 0.1) is 0 Å². The van der Waals surface area contributed by atoms with E-state index in [2.05, 4.69) is 35.3 Å². The van der Waals surface area contributed by atoms with E-state index in [0.29, 0.717) is 0 Å². The van der Waals surface area contributed by atoms with Gasteiger partial charge in [-0.3, -0.25) is 4.98 Å². The maximum absolute atomic E-state index is 6.42. The largest absolute Gasteiger partial charge is 0.324 e.